The Labute approximate surface area is 98.7 Å². The molecule has 0 bridgehead atoms. The second-order valence-electron chi connectivity index (χ2n) is 3.52. The first-order chi connectivity index (χ1) is 7.75. The molecule has 1 heterocycles. The van der Waals surface area contributed by atoms with Gasteiger partial charge in [0.05, 0.1) is 17.5 Å². The Hall–Kier alpha value is -1.45. The van der Waals surface area contributed by atoms with Gasteiger partial charge in [0.25, 0.3) is 0 Å². The van der Waals surface area contributed by atoms with E-state index in [4.69, 9.17) is 16.0 Å². The van der Waals surface area contributed by atoms with Crippen LogP contribution in [-0.4, -0.2) is 5.11 Å². The molecule has 0 saturated heterocycles. The minimum absolute atomic E-state index is 0.111. The number of phenols is 1. The fourth-order valence-electron chi connectivity index (χ4n) is 1.40. The molecular formula is C12H12ClNO2. The molecule has 0 amide bonds. The molecule has 2 N–H and O–H groups in total. The van der Waals surface area contributed by atoms with E-state index in [9.17, 15) is 5.11 Å². The molecule has 1 aromatic carbocycles. The molecule has 0 radical (unpaired) electrons. The Morgan fingerprint density at radius 3 is 2.69 bits per heavy atom. The van der Waals surface area contributed by atoms with Gasteiger partial charge in [-0.05, 0) is 23.8 Å². The summed E-state index contributed by atoms with van der Waals surface area (Å²) in [5.41, 5.74) is 2.14. The Kier molecular flexibility index (Phi) is 3.49. The van der Waals surface area contributed by atoms with Gasteiger partial charge in [0.2, 0.25) is 0 Å². The molecule has 3 nitrogen and oxygen atoms in total. The highest BCUT2D eigenvalue weighted by Gasteiger charge is 2.00. The van der Waals surface area contributed by atoms with Gasteiger partial charge in [-0.25, -0.2) is 0 Å². The Morgan fingerprint density at radius 1 is 1.19 bits per heavy atom. The molecule has 0 aliphatic carbocycles. The third kappa shape index (κ3) is 2.78. The molecule has 0 aliphatic heterocycles. The first-order valence-electron chi connectivity index (χ1n) is 4.95. The lowest BCUT2D eigenvalue weighted by atomic mass is 10.2. The van der Waals surface area contributed by atoms with Crippen LogP contribution in [0, 0.1) is 0 Å². The van der Waals surface area contributed by atoms with Crippen molar-refractivity contribution in [1.29, 1.82) is 0 Å². The smallest absolute Gasteiger partial charge is 0.134 e. The van der Waals surface area contributed by atoms with E-state index in [1.165, 1.54) is 0 Å². The van der Waals surface area contributed by atoms with Crippen LogP contribution in [0.4, 0.5) is 0 Å². The number of furan rings is 1. The van der Waals surface area contributed by atoms with Crippen molar-refractivity contribution < 1.29 is 9.52 Å². The number of aromatic hydroxyl groups is 1. The van der Waals surface area contributed by atoms with Gasteiger partial charge >= 0.3 is 0 Å². The molecule has 1 aromatic heterocycles. The minimum Gasteiger partial charge on any atom is -0.506 e. The van der Waals surface area contributed by atoms with Gasteiger partial charge in [-0.2, -0.15) is 0 Å². The molecule has 16 heavy (non-hydrogen) atoms. The normalized spacial score (nSPS) is 10.6. The first kappa shape index (κ1) is 11.0. The highest BCUT2D eigenvalue weighted by molar-refractivity contribution is 6.32. The molecule has 0 aliphatic rings. The molecule has 0 spiro atoms. The maximum atomic E-state index is 9.25. The topological polar surface area (TPSA) is 45.4 Å². The SMILES string of the molecule is Oc1ccc(CNCc2ccoc2)cc1Cl. The summed E-state index contributed by atoms with van der Waals surface area (Å²) in [5, 5.41) is 12.9. The number of hydrogen-bond acceptors (Lipinski definition) is 3. The van der Waals surface area contributed by atoms with Crippen LogP contribution in [0.25, 0.3) is 0 Å². The number of halogens is 1. The number of rotatable bonds is 4. The fourth-order valence-corrected chi connectivity index (χ4v) is 1.61. The summed E-state index contributed by atoms with van der Waals surface area (Å²) >= 11 is 5.80. The fraction of sp³-hybridized carbons (Fsp3) is 0.167. The van der Waals surface area contributed by atoms with E-state index < -0.39 is 0 Å². The van der Waals surface area contributed by atoms with Gasteiger partial charge < -0.3 is 14.8 Å². The summed E-state index contributed by atoms with van der Waals surface area (Å²) in [6.07, 6.45) is 3.35. The maximum absolute atomic E-state index is 9.25. The summed E-state index contributed by atoms with van der Waals surface area (Å²) in [5.74, 6) is 0.111. The third-order valence-corrected chi connectivity index (χ3v) is 2.55. The lowest BCUT2D eigenvalue weighted by Crippen LogP contribution is -2.11. The lowest BCUT2D eigenvalue weighted by Gasteiger charge is -2.04. The van der Waals surface area contributed by atoms with Crippen molar-refractivity contribution in [1.82, 2.24) is 5.32 Å². The summed E-state index contributed by atoms with van der Waals surface area (Å²) in [6, 6.07) is 7.09. The molecule has 0 unspecified atom stereocenters. The number of hydrogen-bond donors (Lipinski definition) is 2. The lowest BCUT2D eigenvalue weighted by molar-refractivity contribution is 0.475. The Balaban J connectivity index is 1.87. The van der Waals surface area contributed by atoms with Crippen molar-refractivity contribution in [3.8, 4) is 5.75 Å². The van der Waals surface area contributed by atoms with E-state index in [1.807, 2.05) is 12.1 Å². The molecular weight excluding hydrogens is 226 g/mol. The quantitative estimate of drug-likeness (QED) is 0.860. The van der Waals surface area contributed by atoms with E-state index in [0.717, 1.165) is 17.7 Å². The van der Waals surface area contributed by atoms with Crippen LogP contribution in [0.15, 0.2) is 41.2 Å². The van der Waals surface area contributed by atoms with Crippen molar-refractivity contribution >= 4 is 11.6 Å². The summed E-state index contributed by atoms with van der Waals surface area (Å²) in [4.78, 5) is 0. The zero-order valence-corrected chi connectivity index (χ0v) is 9.37. The van der Waals surface area contributed by atoms with Crippen molar-refractivity contribution in [2.75, 3.05) is 0 Å². The zero-order valence-electron chi connectivity index (χ0n) is 8.61. The largest absolute Gasteiger partial charge is 0.506 e. The minimum atomic E-state index is 0.111. The van der Waals surface area contributed by atoms with Gasteiger partial charge in [-0.15, -0.1) is 0 Å². The molecule has 2 aromatic rings. The molecule has 84 valence electrons. The van der Waals surface area contributed by atoms with E-state index in [1.54, 1.807) is 24.7 Å². The van der Waals surface area contributed by atoms with E-state index in [2.05, 4.69) is 5.32 Å². The van der Waals surface area contributed by atoms with Crippen LogP contribution in [0.3, 0.4) is 0 Å². The van der Waals surface area contributed by atoms with Crippen molar-refractivity contribution in [2.24, 2.45) is 0 Å². The maximum Gasteiger partial charge on any atom is 0.134 e. The highest BCUT2D eigenvalue weighted by Crippen LogP contribution is 2.23. The van der Waals surface area contributed by atoms with E-state index in [-0.39, 0.29) is 5.75 Å². The van der Waals surface area contributed by atoms with Gasteiger partial charge in [0.15, 0.2) is 0 Å². The van der Waals surface area contributed by atoms with Crippen LogP contribution in [0.2, 0.25) is 5.02 Å². The summed E-state index contributed by atoms with van der Waals surface area (Å²) < 4.78 is 4.96. The van der Waals surface area contributed by atoms with Crippen LogP contribution in [0.1, 0.15) is 11.1 Å². The average Bonchev–Trinajstić information content (AvgIpc) is 2.76. The van der Waals surface area contributed by atoms with Gasteiger partial charge in [0, 0.05) is 18.7 Å². The standard InChI is InChI=1S/C12H12ClNO2/c13-11-5-9(1-2-12(11)15)6-14-7-10-3-4-16-8-10/h1-5,8,14-15H,6-7H2. The summed E-state index contributed by atoms with van der Waals surface area (Å²) in [7, 11) is 0. The highest BCUT2D eigenvalue weighted by atomic mass is 35.5. The third-order valence-electron chi connectivity index (χ3n) is 2.25. The monoisotopic (exact) mass is 237 g/mol. The Morgan fingerprint density at radius 2 is 2.00 bits per heavy atom. The first-order valence-corrected chi connectivity index (χ1v) is 5.32. The predicted molar refractivity (Wildman–Crippen MR) is 62.4 cm³/mol. The average molecular weight is 238 g/mol. The summed E-state index contributed by atoms with van der Waals surface area (Å²) in [6.45, 7) is 1.44. The second-order valence-corrected chi connectivity index (χ2v) is 3.93. The van der Waals surface area contributed by atoms with Crippen molar-refractivity contribution in [3.05, 3.63) is 52.9 Å². The zero-order chi connectivity index (χ0) is 11.4. The van der Waals surface area contributed by atoms with Gasteiger partial charge in [0.1, 0.15) is 5.75 Å². The van der Waals surface area contributed by atoms with Crippen LogP contribution in [0.5, 0.6) is 5.75 Å². The van der Waals surface area contributed by atoms with Crippen molar-refractivity contribution in [3.63, 3.8) is 0 Å². The molecule has 0 fully saturated rings. The van der Waals surface area contributed by atoms with Crippen molar-refractivity contribution in [2.45, 2.75) is 13.1 Å². The molecule has 2 rings (SSSR count). The molecule has 0 atom stereocenters. The van der Waals surface area contributed by atoms with Crippen LogP contribution >= 0.6 is 11.6 Å². The second kappa shape index (κ2) is 5.05. The van der Waals surface area contributed by atoms with Gasteiger partial charge in [-0.3, -0.25) is 0 Å². The van der Waals surface area contributed by atoms with E-state index in [0.29, 0.717) is 11.6 Å². The van der Waals surface area contributed by atoms with Gasteiger partial charge in [-0.1, -0.05) is 17.7 Å². The molecule has 0 saturated carbocycles. The number of nitrogens with one attached hydrogen (secondary N) is 1. The number of benzene rings is 1. The Bertz CT molecular complexity index is 454. The number of phenolic OH excluding ortho intramolecular Hbond substituents is 1. The predicted octanol–water partition coefficient (Wildman–Crippen LogP) is 2.93. The van der Waals surface area contributed by atoms with E-state index >= 15 is 0 Å². The van der Waals surface area contributed by atoms with Crippen LogP contribution in [-0.2, 0) is 13.1 Å². The molecule has 4 heteroatoms. The van der Waals surface area contributed by atoms with Crippen LogP contribution < -0.4 is 5.32 Å².